The molecular weight excluding hydrogens is 538 g/mol. The first-order valence-electron chi connectivity index (χ1n) is 6.77. The SMILES string of the molecule is COc1ccc(-c2nnc(-c3cc(I)cc(I)c3O)o2)cc1OC. The van der Waals surface area contributed by atoms with Crippen LogP contribution in [0.4, 0.5) is 0 Å². The molecule has 24 heavy (non-hydrogen) atoms. The Kier molecular flexibility index (Phi) is 5.13. The monoisotopic (exact) mass is 550 g/mol. The largest absolute Gasteiger partial charge is 0.506 e. The average Bonchev–Trinajstić information content (AvgIpc) is 3.07. The van der Waals surface area contributed by atoms with Gasteiger partial charge in [-0.2, -0.15) is 0 Å². The van der Waals surface area contributed by atoms with Gasteiger partial charge >= 0.3 is 0 Å². The summed E-state index contributed by atoms with van der Waals surface area (Å²) in [5.41, 5.74) is 1.21. The fraction of sp³-hybridized carbons (Fsp3) is 0.125. The lowest BCUT2D eigenvalue weighted by Gasteiger charge is -2.07. The quantitative estimate of drug-likeness (QED) is 0.488. The molecule has 0 saturated carbocycles. The van der Waals surface area contributed by atoms with Crippen molar-refractivity contribution < 1.29 is 19.0 Å². The van der Waals surface area contributed by atoms with Crippen molar-refractivity contribution in [3.8, 4) is 40.2 Å². The number of hydrogen-bond acceptors (Lipinski definition) is 6. The second-order valence-corrected chi connectivity index (χ2v) is 7.17. The summed E-state index contributed by atoms with van der Waals surface area (Å²) in [7, 11) is 3.14. The molecule has 0 saturated heterocycles. The molecule has 6 nitrogen and oxygen atoms in total. The summed E-state index contributed by atoms with van der Waals surface area (Å²) in [6.45, 7) is 0. The Bertz CT molecular complexity index is 896. The third-order valence-corrected chi connectivity index (χ3v) is 4.76. The van der Waals surface area contributed by atoms with Crippen molar-refractivity contribution in [2.24, 2.45) is 0 Å². The van der Waals surface area contributed by atoms with Gasteiger partial charge in [0.2, 0.25) is 5.89 Å². The smallest absolute Gasteiger partial charge is 0.251 e. The summed E-state index contributed by atoms with van der Waals surface area (Å²) >= 11 is 4.24. The van der Waals surface area contributed by atoms with Crippen LogP contribution in [0.15, 0.2) is 34.7 Å². The Morgan fingerprint density at radius 2 is 1.67 bits per heavy atom. The van der Waals surface area contributed by atoms with Crippen molar-refractivity contribution >= 4 is 45.2 Å². The van der Waals surface area contributed by atoms with E-state index in [0.717, 1.165) is 7.14 Å². The average molecular weight is 550 g/mol. The Morgan fingerprint density at radius 1 is 0.958 bits per heavy atom. The van der Waals surface area contributed by atoms with Crippen molar-refractivity contribution in [3.05, 3.63) is 37.5 Å². The van der Waals surface area contributed by atoms with Gasteiger partial charge in [0.15, 0.2) is 11.5 Å². The van der Waals surface area contributed by atoms with Gasteiger partial charge < -0.3 is 19.0 Å². The molecule has 0 amide bonds. The van der Waals surface area contributed by atoms with Gasteiger partial charge in [0.25, 0.3) is 5.89 Å². The lowest BCUT2D eigenvalue weighted by Crippen LogP contribution is -1.90. The van der Waals surface area contributed by atoms with E-state index in [1.807, 2.05) is 6.07 Å². The Labute approximate surface area is 165 Å². The number of aromatic hydroxyl groups is 1. The number of halogens is 2. The summed E-state index contributed by atoms with van der Waals surface area (Å²) in [6, 6.07) is 8.99. The lowest BCUT2D eigenvalue weighted by molar-refractivity contribution is 0.355. The number of phenolic OH excluding ortho intramolecular Hbond substituents is 1. The highest BCUT2D eigenvalue weighted by molar-refractivity contribution is 14.1. The van der Waals surface area contributed by atoms with E-state index in [0.29, 0.717) is 28.5 Å². The van der Waals surface area contributed by atoms with Crippen LogP contribution >= 0.6 is 45.2 Å². The van der Waals surface area contributed by atoms with E-state index in [1.54, 1.807) is 38.5 Å². The highest BCUT2D eigenvalue weighted by atomic mass is 127. The normalized spacial score (nSPS) is 10.7. The molecule has 1 N–H and O–H groups in total. The molecule has 0 radical (unpaired) electrons. The second-order valence-electron chi connectivity index (χ2n) is 4.77. The highest BCUT2D eigenvalue weighted by Gasteiger charge is 2.17. The number of aromatic nitrogens is 2. The van der Waals surface area contributed by atoms with Crippen LogP contribution in [-0.4, -0.2) is 29.5 Å². The molecule has 0 fully saturated rings. The maximum Gasteiger partial charge on any atom is 0.251 e. The van der Waals surface area contributed by atoms with Crippen LogP contribution < -0.4 is 9.47 Å². The minimum Gasteiger partial charge on any atom is -0.506 e. The Hall–Kier alpha value is -1.56. The van der Waals surface area contributed by atoms with E-state index in [4.69, 9.17) is 13.9 Å². The summed E-state index contributed by atoms with van der Waals surface area (Å²) in [5, 5.41) is 18.3. The zero-order valence-electron chi connectivity index (χ0n) is 12.7. The predicted octanol–water partition coefficient (Wildman–Crippen LogP) is 4.34. The van der Waals surface area contributed by atoms with E-state index in [2.05, 4.69) is 55.4 Å². The van der Waals surface area contributed by atoms with E-state index in [1.165, 1.54) is 0 Å². The fourth-order valence-corrected chi connectivity index (χ4v) is 3.99. The van der Waals surface area contributed by atoms with E-state index in [-0.39, 0.29) is 11.6 Å². The van der Waals surface area contributed by atoms with E-state index >= 15 is 0 Å². The number of phenols is 1. The number of hydrogen-bond donors (Lipinski definition) is 1. The molecule has 1 heterocycles. The summed E-state index contributed by atoms with van der Waals surface area (Å²) in [4.78, 5) is 0. The Balaban J connectivity index is 2.03. The molecule has 3 rings (SSSR count). The van der Waals surface area contributed by atoms with Crippen LogP contribution in [0.1, 0.15) is 0 Å². The van der Waals surface area contributed by atoms with Gasteiger partial charge in [-0.05, 0) is 75.5 Å². The molecule has 0 bridgehead atoms. The third-order valence-electron chi connectivity index (χ3n) is 3.31. The van der Waals surface area contributed by atoms with Crippen molar-refractivity contribution in [2.45, 2.75) is 0 Å². The minimum absolute atomic E-state index is 0.124. The molecule has 3 aromatic rings. The number of methoxy groups -OCH3 is 2. The van der Waals surface area contributed by atoms with Crippen LogP contribution in [0.25, 0.3) is 22.9 Å². The lowest BCUT2D eigenvalue weighted by atomic mass is 10.2. The summed E-state index contributed by atoms with van der Waals surface area (Å²) in [6.07, 6.45) is 0. The van der Waals surface area contributed by atoms with Crippen LogP contribution in [0.2, 0.25) is 0 Å². The van der Waals surface area contributed by atoms with Crippen molar-refractivity contribution in [2.75, 3.05) is 14.2 Å². The molecule has 8 heteroatoms. The molecule has 0 aliphatic rings. The van der Waals surface area contributed by atoms with Crippen LogP contribution in [0, 0.1) is 7.14 Å². The van der Waals surface area contributed by atoms with Crippen LogP contribution in [-0.2, 0) is 0 Å². The first kappa shape index (κ1) is 17.3. The number of ether oxygens (including phenoxy) is 2. The topological polar surface area (TPSA) is 77.6 Å². The fourth-order valence-electron chi connectivity index (χ4n) is 2.15. The predicted molar refractivity (Wildman–Crippen MR) is 105 cm³/mol. The van der Waals surface area contributed by atoms with E-state index in [9.17, 15) is 5.11 Å². The molecule has 124 valence electrons. The number of benzene rings is 2. The van der Waals surface area contributed by atoms with Gasteiger partial charge in [0.05, 0.1) is 23.4 Å². The van der Waals surface area contributed by atoms with Gasteiger partial charge in [-0.3, -0.25) is 0 Å². The van der Waals surface area contributed by atoms with Gasteiger partial charge in [-0.25, -0.2) is 0 Å². The van der Waals surface area contributed by atoms with Gasteiger partial charge in [-0.1, -0.05) is 0 Å². The van der Waals surface area contributed by atoms with Crippen molar-refractivity contribution in [3.63, 3.8) is 0 Å². The van der Waals surface area contributed by atoms with Gasteiger partial charge in [0, 0.05) is 9.13 Å². The molecule has 0 aliphatic heterocycles. The number of rotatable bonds is 4. The van der Waals surface area contributed by atoms with Crippen LogP contribution in [0.3, 0.4) is 0 Å². The molecule has 0 unspecified atom stereocenters. The second kappa shape index (κ2) is 7.13. The first-order valence-corrected chi connectivity index (χ1v) is 8.93. The van der Waals surface area contributed by atoms with Gasteiger partial charge in [-0.15, -0.1) is 10.2 Å². The number of nitrogens with zero attached hydrogens (tertiary/aromatic N) is 2. The maximum atomic E-state index is 10.2. The molecule has 2 aromatic carbocycles. The molecule has 1 aromatic heterocycles. The first-order chi connectivity index (χ1) is 11.5. The molecule has 0 aliphatic carbocycles. The summed E-state index contributed by atoms with van der Waals surface area (Å²) < 4.78 is 17.9. The standard InChI is InChI=1S/C16H12I2N2O4/c1-22-12-4-3-8(5-13(12)23-2)15-19-20-16(24-15)10-6-9(17)7-11(18)14(10)21/h3-7,21H,1-2H3. The highest BCUT2D eigenvalue weighted by Crippen LogP contribution is 2.36. The van der Waals surface area contributed by atoms with E-state index < -0.39 is 0 Å². The third kappa shape index (κ3) is 3.29. The zero-order chi connectivity index (χ0) is 17.3. The zero-order valence-corrected chi connectivity index (χ0v) is 17.0. The Morgan fingerprint density at radius 3 is 2.38 bits per heavy atom. The summed E-state index contributed by atoms with van der Waals surface area (Å²) in [5.74, 6) is 1.90. The van der Waals surface area contributed by atoms with Crippen molar-refractivity contribution in [1.29, 1.82) is 0 Å². The van der Waals surface area contributed by atoms with Crippen molar-refractivity contribution in [1.82, 2.24) is 10.2 Å². The molecular formula is C16H12I2N2O4. The minimum atomic E-state index is 0.124. The maximum absolute atomic E-state index is 10.2. The van der Waals surface area contributed by atoms with Gasteiger partial charge in [0.1, 0.15) is 5.75 Å². The molecule has 0 atom stereocenters. The molecule has 0 spiro atoms. The van der Waals surface area contributed by atoms with Crippen LogP contribution in [0.5, 0.6) is 17.2 Å².